The molecule has 1 N–H and O–H groups in total. The maximum absolute atomic E-state index is 12.8. The number of sulfone groups is 1. The number of carbonyl (C=O) groups is 1. The Hall–Kier alpha value is -3.02. The second-order valence-corrected chi connectivity index (χ2v) is 13.3. The Labute approximate surface area is 239 Å². The van der Waals surface area contributed by atoms with Gasteiger partial charge in [0.1, 0.15) is 5.75 Å². The molecule has 1 saturated heterocycles. The van der Waals surface area contributed by atoms with Crippen molar-refractivity contribution in [3.8, 4) is 5.75 Å². The van der Waals surface area contributed by atoms with Crippen LogP contribution in [0.2, 0.25) is 0 Å². The molecule has 1 aromatic heterocycles. The molecule has 1 aromatic carbocycles. The maximum Gasteiger partial charge on any atom is 0.501 e. The molecule has 0 spiro atoms. The first-order valence-corrected chi connectivity index (χ1v) is 15.9. The van der Waals surface area contributed by atoms with Gasteiger partial charge < -0.3 is 19.9 Å². The van der Waals surface area contributed by atoms with E-state index in [-0.39, 0.29) is 18.1 Å². The highest BCUT2D eigenvalue weighted by Gasteiger charge is 2.46. The fourth-order valence-corrected chi connectivity index (χ4v) is 6.83. The highest BCUT2D eigenvalue weighted by atomic mass is 32.2. The van der Waals surface area contributed by atoms with Gasteiger partial charge >= 0.3 is 5.51 Å². The molecule has 1 aliphatic heterocycles. The molecule has 2 heterocycles. The number of rotatable bonds is 8. The highest BCUT2D eigenvalue weighted by molar-refractivity contribution is 7.92. The molecule has 1 amide bonds. The minimum absolute atomic E-state index is 0.0226. The molecule has 0 bridgehead atoms. The van der Waals surface area contributed by atoms with E-state index in [9.17, 15) is 26.4 Å². The van der Waals surface area contributed by atoms with Gasteiger partial charge in [-0.25, -0.2) is 8.42 Å². The fraction of sp³-hybridized carbons (Fsp3) is 0.586. The van der Waals surface area contributed by atoms with Gasteiger partial charge in [0.2, 0.25) is 5.91 Å². The molecule has 224 valence electrons. The average molecular weight is 595 g/mol. The molecule has 3 aliphatic rings. The van der Waals surface area contributed by atoms with E-state index in [4.69, 9.17) is 4.74 Å². The van der Waals surface area contributed by atoms with Gasteiger partial charge in [-0.05, 0) is 68.7 Å². The van der Waals surface area contributed by atoms with E-state index in [1.54, 1.807) is 6.20 Å². The minimum Gasteiger partial charge on any atom is -0.489 e. The van der Waals surface area contributed by atoms with E-state index < -0.39 is 20.2 Å². The molecule has 41 heavy (non-hydrogen) atoms. The lowest BCUT2D eigenvalue weighted by atomic mass is 9.92. The van der Waals surface area contributed by atoms with Crippen LogP contribution in [0.3, 0.4) is 0 Å². The first-order chi connectivity index (χ1) is 19.6. The Kier molecular flexibility index (Phi) is 8.96. The molecular weight excluding hydrogens is 557 g/mol. The number of benzene rings is 1. The van der Waals surface area contributed by atoms with Crippen molar-refractivity contribution in [3.63, 3.8) is 0 Å². The summed E-state index contributed by atoms with van der Waals surface area (Å²) in [7, 11) is -5.35. The lowest BCUT2D eigenvalue weighted by Crippen LogP contribution is -2.49. The van der Waals surface area contributed by atoms with Gasteiger partial charge in [-0.2, -0.15) is 13.2 Å². The summed E-state index contributed by atoms with van der Waals surface area (Å²) in [5.74, 6) is 1.55. The number of amides is 1. The first-order valence-electron chi connectivity index (χ1n) is 14.4. The zero-order valence-corrected chi connectivity index (χ0v) is 23.8. The van der Waals surface area contributed by atoms with Crippen molar-refractivity contribution < 1.29 is 31.1 Å². The number of aromatic nitrogens is 1. The molecule has 3 fully saturated rings. The third-order valence-corrected chi connectivity index (χ3v) is 9.95. The van der Waals surface area contributed by atoms with Crippen molar-refractivity contribution in [1.82, 2.24) is 9.88 Å². The Morgan fingerprint density at radius 3 is 2.24 bits per heavy atom. The second-order valence-electron chi connectivity index (χ2n) is 11.3. The molecule has 5 rings (SSSR count). The van der Waals surface area contributed by atoms with Gasteiger partial charge in [-0.3, -0.25) is 9.78 Å². The van der Waals surface area contributed by atoms with Crippen LogP contribution in [0.25, 0.3) is 0 Å². The van der Waals surface area contributed by atoms with E-state index in [1.165, 1.54) is 37.8 Å². The predicted octanol–water partition coefficient (Wildman–Crippen LogP) is 5.41. The van der Waals surface area contributed by atoms with E-state index in [2.05, 4.69) is 15.2 Å². The van der Waals surface area contributed by atoms with Gasteiger partial charge in [-0.15, -0.1) is 0 Å². The summed E-state index contributed by atoms with van der Waals surface area (Å²) in [6.07, 6.45) is 12.3. The van der Waals surface area contributed by atoms with Crippen LogP contribution in [0.5, 0.6) is 5.75 Å². The number of nitrogens with zero attached hydrogens (tertiary/aromatic N) is 3. The van der Waals surface area contributed by atoms with Crippen LogP contribution in [0.1, 0.15) is 57.8 Å². The van der Waals surface area contributed by atoms with Crippen molar-refractivity contribution >= 4 is 27.1 Å². The van der Waals surface area contributed by atoms with Crippen LogP contribution in [0, 0.1) is 5.92 Å². The van der Waals surface area contributed by atoms with Crippen molar-refractivity contribution in [2.24, 2.45) is 5.92 Å². The number of carbonyl (C=O) groups excluding carboxylic acids is 1. The number of hydrogen-bond donors (Lipinski definition) is 1. The van der Waals surface area contributed by atoms with Crippen molar-refractivity contribution in [2.45, 2.75) is 80.3 Å². The topological polar surface area (TPSA) is 91.8 Å². The summed E-state index contributed by atoms with van der Waals surface area (Å²) < 4.78 is 67.7. The summed E-state index contributed by atoms with van der Waals surface area (Å²) in [5, 5.41) is 3.29. The standard InChI is InChI=1S/C29H37F3N4O4S/c30-29(31,32)41(38,39)27-11-7-23(8-12-27)34-22-5-9-25(10-6-22)40-26-18-24(19-33-20-26)35-13-15-36(16-14-35)28(37)17-21-3-1-2-4-21/h7-8,11-12,18-22,25,34H,1-6,9-10,13-17H2. The van der Waals surface area contributed by atoms with E-state index in [0.29, 0.717) is 36.9 Å². The zero-order chi connectivity index (χ0) is 29.0. The van der Waals surface area contributed by atoms with E-state index in [0.717, 1.165) is 56.6 Å². The second kappa shape index (κ2) is 12.5. The Balaban J connectivity index is 1.07. The normalized spacial score (nSPS) is 22.5. The number of pyridine rings is 1. The molecule has 12 heteroatoms. The Bertz CT molecular complexity index is 1280. The van der Waals surface area contributed by atoms with Crippen LogP contribution >= 0.6 is 0 Å². The SMILES string of the molecule is O=C(CC1CCCC1)N1CCN(c2cncc(OC3CCC(Nc4ccc(S(=O)(=O)C(F)(F)F)cc4)CC3)c2)CC1. The van der Waals surface area contributed by atoms with Crippen molar-refractivity contribution in [1.29, 1.82) is 0 Å². The summed E-state index contributed by atoms with van der Waals surface area (Å²) >= 11 is 0. The van der Waals surface area contributed by atoms with Gasteiger partial charge in [0.25, 0.3) is 9.84 Å². The summed E-state index contributed by atoms with van der Waals surface area (Å²) in [5.41, 5.74) is -3.76. The largest absolute Gasteiger partial charge is 0.501 e. The summed E-state index contributed by atoms with van der Waals surface area (Å²) in [6, 6.07) is 6.80. The molecule has 8 nitrogen and oxygen atoms in total. The number of alkyl halides is 3. The lowest BCUT2D eigenvalue weighted by molar-refractivity contribution is -0.132. The third-order valence-electron chi connectivity index (χ3n) is 8.45. The first kappa shape index (κ1) is 29.5. The molecule has 2 aromatic rings. The van der Waals surface area contributed by atoms with Crippen LogP contribution in [-0.2, 0) is 14.6 Å². The maximum atomic E-state index is 12.8. The Morgan fingerprint density at radius 2 is 1.61 bits per heavy atom. The third kappa shape index (κ3) is 7.25. The lowest BCUT2D eigenvalue weighted by Gasteiger charge is -2.36. The molecule has 0 unspecified atom stereocenters. The summed E-state index contributed by atoms with van der Waals surface area (Å²) in [6.45, 7) is 2.96. The van der Waals surface area contributed by atoms with Gasteiger partial charge in [0, 0.05) is 50.4 Å². The van der Waals surface area contributed by atoms with Gasteiger partial charge in [-0.1, -0.05) is 12.8 Å². The Morgan fingerprint density at radius 1 is 0.951 bits per heavy atom. The smallest absolute Gasteiger partial charge is 0.489 e. The number of nitrogens with one attached hydrogen (secondary N) is 1. The number of hydrogen-bond acceptors (Lipinski definition) is 7. The predicted molar refractivity (Wildman–Crippen MR) is 150 cm³/mol. The van der Waals surface area contributed by atoms with Crippen LogP contribution in [0.15, 0.2) is 47.6 Å². The molecule has 2 saturated carbocycles. The van der Waals surface area contributed by atoms with Crippen LogP contribution < -0.4 is 15.0 Å². The molecule has 0 atom stereocenters. The van der Waals surface area contributed by atoms with Crippen LogP contribution in [-0.4, -0.2) is 68.0 Å². The molecular formula is C29H37F3N4O4S. The van der Waals surface area contributed by atoms with Crippen molar-refractivity contribution in [3.05, 3.63) is 42.7 Å². The van der Waals surface area contributed by atoms with Crippen molar-refractivity contribution in [2.75, 3.05) is 36.4 Å². The van der Waals surface area contributed by atoms with Gasteiger partial charge in [0.05, 0.1) is 29.1 Å². The zero-order valence-electron chi connectivity index (χ0n) is 23.0. The van der Waals surface area contributed by atoms with E-state index in [1.807, 2.05) is 17.2 Å². The van der Waals surface area contributed by atoms with E-state index >= 15 is 0 Å². The average Bonchev–Trinajstić information content (AvgIpc) is 3.47. The summed E-state index contributed by atoms with van der Waals surface area (Å²) in [4.78, 5) is 20.5. The molecule has 2 aliphatic carbocycles. The monoisotopic (exact) mass is 594 g/mol. The molecule has 0 radical (unpaired) electrons. The number of halogens is 3. The quantitative estimate of drug-likeness (QED) is 0.437. The van der Waals surface area contributed by atoms with Crippen LogP contribution in [0.4, 0.5) is 24.5 Å². The van der Waals surface area contributed by atoms with Gasteiger partial charge in [0.15, 0.2) is 0 Å². The highest BCUT2D eigenvalue weighted by Crippen LogP contribution is 2.32. The number of ether oxygens (including phenoxy) is 1. The minimum atomic E-state index is -5.35. The number of piperazine rings is 1. The fourth-order valence-electron chi connectivity index (χ4n) is 6.07. The number of anilines is 2.